The molecule has 2 N–H and O–H groups in total. The molecule has 1 amide bonds. The van der Waals surface area contributed by atoms with Crippen LogP contribution in [0.15, 0.2) is 56.3 Å². The molecule has 2 heterocycles. The van der Waals surface area contributed by atoms with Gasteiger partial charge in [0.1, 0.15) is 17.2 Å². The van der Waals surface area contributed by atoms with Crippen molar-refractivity contribution in [3.05, 3.63) is 80.9 Å². The monoisotopic (exact) mass is 447 g/mol. The maximum absolute atomic E-state index is 12.7. The molecule has 1 unspecified atom stereocenters. The molecule has 1 atom stereocenters. The standard InChI is InChI=1S/C26H25NO6/c1-14-13-32-23-16(3)24-20(12-19(14)23)15(2)18(26(31)33-24)9-10-22(28)27-21(25(29)30)11-17-7-5-4-6-8-17/h4-8,12-13,21H,9-11H2,1-3H3,(H,27,28)(H,29,30). The summed E-state index contributed by atoms with van der Waals surface area (Å²) in [6, 6.07) is 10.00. The van der Waals surface area contributed by atoms with E-state index < -0.39 is 23.5 Å². The van der Waals surface area contributed by atoms with E-state index in [0.717, 1.165) is 33.0 Å². The van der Waals surface area contributed by atoms with Crippen LogP contribution >= 0.6 is 0 Å². The second-order valence-corrected chi connectivity index (χ2v) is 8.31. The minimum atomic E-state index is -1.11. The number of hydrogen-bond acceptors (Lipinski definition) is 5. The molecule has 0 aliphatic rings. The van der Waals surface area contributed by atoms with Gasteiger partial charge in [0, 0.05) is 34.7 Å². The van der Waals surface area contributed by atoms with Crippen LogP contribution in [-0.2, 0) is 22.4 Å². The molecule has 33 heavy (non-hydrogen) atoms. The van der Waals surface area contributed by atoms with Gasteiger partial charge < -0.3 is 19.3 Å². The van der Waals surface area contributed by atoms with Gasteiger partial charge in [0.15, 0.2) is 0 Å². The summed E-state index contributed by atoms with van der Waals surface area (Å²) in [5.74, 6) is -1.54. The molecular weight excluding hydrogens is 422 g/mol. The quantitative estimate of drug-likeness (QED) is 0.411. The number of carboxylic acid groups (broad SMARTS) is 1. The SMILES string of the molecule is Cc1coc2c(C)c3oc(=O)c(CCC(=O)NC(Cc4ccccc4)C(=O)O)c(C)c3cc12. The van der Waals surface area contributed by atoms with Crippen LogP contribution in [0.2, 0.25) is 0 Å². The first kappa shape index (κ1) is 22.3. The fourth-order valence-corrected chi connectivity index (χ4v) is 4.16. The van der Waals surface area contributed by atoms with Crippen molar-refractivity contribution in [2.24, 2.45) is 0 Å². The third-order valence-electron chi connectivity index (χ3n) is 6.05. The van der Waals surface area contributed by atoms with Gasteiger partial charge in [-0.05, 0) is 49.9 Å². The highest BCUT2D eigenvalue weighted by atomic mass is 16.4. The summed E-state index contributed by atoms with van der Waals surface area (Å²) in [5.41, 5.74) is 4.37. The maximum Gasteiger partial charge on any atom is 0.339 e. The lowest BCUT2D eigenvalue weighted by molar-refractivity contribution is -0.141. The number of furan rings is 1. The van der Waals surface area contributed by atoms with E-state index >= 15 is 0 Å². The first-order chi connectivity index (χ1) is 15.8. The number of amides is 1. The predicted molar refractivity (Wildman–Crippen MR) is 125 cm³/mol. The molecule has 4 rings (SSSR count). The normalized spacial score (nSPS) is 12.2. The summed E-state index contributed by atoms with van der Waals surface area (Å²) in [4.78, 5) is 36.9. The van der Waals surface area contributed by atoms with Crippen LogP contribution < -0.4 is 10.9 Å². The molecule has 170 valence electrons. The Morgan fingerprint density at radius 1 is 1.03 bits per heavy atom. The van der Waals surface area contributed by atoms with E-state index in [1.165, 1.54) is 0 Å². The number of fused-ring (bicyclic) bond motifs is 2. The number of rotatable bonds is 7. The molecule has 0 saturated carbocycles. The van der Waals surface area contributed by atoms with Crippen LogP contribution in [0.3, 0.4) is 0 Å². The second kappa shape index (κ2) is 8.94. The first-order valence-corrected chi connectivity index (χ1v) is 10.8. The number of carboxylic acids is 1. The smallest absolute Gasteiger partial charge is 0.339 e. The average molecular weight is 447 g/mol. The lowest BCUT2D eigenvalue weighted by Gasteiger charge is -2.15. The Morgan fingerprint density at radius 2 is 1.76 bits per heavy atom. The number of aliphatic carboxylic acids is 1. The topological polar surface area (TPSA) is 110 Å². The van der Waals surface area contributed by atoms with Crippen molar-refractivity contribution >= 4 is 33.8 Å². The molecular formula is C26H25NO6. The fourth-order valence-electron chi connectivity index (χ4n) is 4.16. The van der Waals surface area contributed by atoms with Gasteiger partial charge in [0.2, 0.25) is 5.91 Å². The fraction of sp³-hybridized carbons (Fsp3) is 0.269. The Morgan fingerprint density at radius 3 is 2.45 bits per heavy atom. The molecule has 2 aromatic heterocycles. The molecule has 7 nitrogen and oxygen atoms in total. The maximum atomic E-state index is 12.7. The van der Waals surface area contributed by atoms with E-state index in [0.29, 0.717) is 16.7 Å². The van der Waals surface area contributed by atoms with Crippen molar-refractivity contribution in [3.63, 3.8) is 0 Å². The first-order valence-electron chi connectivity index (χ1n) is 10.8. The summed E-state index contributed by atoms with van der Waals surface area (Å²) < 4.78 is 11.2. The minimum absolute atomic E-state index is 0.0261. The van der Waals surface area contributed by atoms with Gasteiger partial charge in [-0.25, -0.2) is 9.59 Å². The van der Waals surface area contributed by atoms with E-state index in [1.54, 1.807) is 6.26 Å². The molecule has 4 aromatic rings. The van der Waals surface area contributed by atoms with Crippen molar-refractivity contribution in [2.75, 3.05) is 0 Å². The summed E-state index contributed by atoms with van der Waals surface area (Å²) in [6.07, 6.45) is 1.97. The van der Waals surface area contributed by atoms with Crippen LogP contribution in [0.5, 0.6) is 0 Å². The third kappa shape index (κ3) is 4.39. The van der Waals surface area contributed by atoms with Crippen LogP contribution in [-0.4, -0.2) is 23.0 Å². The van der Waals surface area contributed by atoms with Gasteiger partial charge in [0.05, 0.1) is 6.26 Å². The molecule has 0 spiro atoms. The Labute approximate surface area is 190 Å². The lowest BCUT2D eigenvalue weighted by Crippen LogP contribution is -2.42. The van der Waals surface area contributed by atoms with Crippen molar-refractivity contribution in [2.45, 2.75) is 46.1 Å². The molecule has 0 fully saturated rings. The number of nitrogens with one attached hydrogen (secondary N) is 1. The van der Waals surface area contributed by atoms with E-state index in [2.05, 4.69) is 5.32 Å². The highest BCUT2D eigenvalue weighted by Crippen LogP contribution is 2.32. The molecule has 0 aliphatic carbocycles. The average Bonchev–Trinajstić information content (AvgIpc) is 3.16. The van der Waals surface area contributed by atoms with E-state index in [4.69, 9.17) is 8.83 Å². The van der Waals surface area contributed by atoms with Crippen LogP contribution in [0.4, 0.5) is 0 Å². The van der Waals surface area contributed by atoms with Gasteiger partial charge in [-0.3, -0.25) is 4.79 Å². The second-order valence-electron chi connectivity index (χ2n) is 8.31. The lowest BCUT2D eigenvalue weighted by atomic mass is 9.98. The Bertz CT molecular complexity index is 1410. The van der Waals surface area contributed by atoms with Crippen molar-refractivity contribution in [1.82, 2.24) is 5.32 Å². The summed E-state index contributed by atoms with van der Waals surface area (Å²) in [5, 5.41) is 13.8. The van der Waals surface area contributed by atoms with E-state index in [9.17, 15) is 19.5 Å². The van der Waals surface area contributed by atoms with Gasteiger partial charge in [0.25, 0.3) is 0 Å². The zero-order valence-corrected chi connectivity index (χ0v) is 18.7. The molecule has 0 saturated heterocycles. The van der Waals surface area contributed by atoms with Gasteiger partial charge in [-0.1, -0.05) is 30.3 Å². The summed E-state index contributed by atoms with van der Waals surface area (Å²) >= 11 is 0. The van der Waals surface area contributed by atoms with E-state index in [1.807, 2.05) is 57.2 Å². The largest absolute Gasteiger partial charge is 0.480 e. The van der Waals surface area contributed by atoms with Crippen molar-refractivity contribution in [1.29, 1.82) is 0 Å². The molecule has 0 radical (unpaired) electrons. The van der Waals surface area contributed by atoms with E-state index in [-0.39, 0.29) is 19.3 Å². The minimum Gasteiger partial charge on any atom is -0.480 e. The number of hydrogen-bond donors (Lipinski definition) is 2. The van der Waals surface area contributed by atoms with Crippen LogP contribution in [0, 0.1) is 20.8 Å². The predicted octanol–water partition coefficient (Wildman–Crippen LogP) is 4.21. The van der Waals surface area contributed by atoms with Crippen LogP contribution in [0.25, 0.3) is 21.9 Å². The summed E-state index contributed by atoms with van der Waals surface area (Å²) in [6.45, 7) is 5.63. The molecule has 2 aromatic carbocycles. The third-order valence-corrected chi connectivity index (χ3v) is 6.05. The van der Waals surface area contributed by atoms with Crippen LogP contribution in [0.1, 0.15) is 34.2 Å². The number of aryl methyl sites for hydroxylation is 3. The van der Waals surface area contributed by atoms with Gasteiger partial charge in [-0.2, -0.15) is 0 Å². The Hall–Kier alpha value is -3.87. The molecule has 0 aliphatic heterocycles. The molecule has 0 bridgehead atoms. The van der Waals surface area contributed by atoms with Gasteiger partial charge in [-0.15, -0.1) is 0 Å². The zero-order valence-electron chi connectivity index (χ0n) is 18.7. The van der Waals surface area contributed by atoms with Gasteiger partial charge >= 0.3 is 11.6 Å². The number of benzene rings is 2. The number of carbonyl (C=O) groups excluding carboxylic acids is 1. The Kier molecular flexibility index (Phi) is 6.05. The van der Waals surface area contributed by atoms with Crippen molar-refractivity contribution in [3.8, 4) is 0 Å². The Balaban J connectivity index is 1.55. The zero-order chi connectivity index (χ0) is 23.7. The molecule has 7 heteroatoms. The summed E-state index contributed by atoms with van der Waals surface area (Å²) in [7, 11) is 0. The highest BCUT2D eigenvalue weighted by molar-refractivity contribution is 5.99. The number of carbonyl (C=O) groups is 2. The van der Waals surface area contributed by atoms with Crippen molar-refractivity contribution < 1.29 is 23.5 Å². The highest BCUT2D eigenvalue weighted by Gasteiger charge is 2.22.